The Morgan fingerprint density at radius 3 is 2.71 bits per heavy atom. The third kappa shape index (κ3) is 3.42. The predicted molar refractivity (Wildman–Crippen MR) is 82.7 cm³/mol. The molecule has 7 heteroatoms. The summed E-state index contributed by atoms with van der Waals surface area (Å²) in [4.78, 5) is 16.2. The van der Waals surface area contributed by atoms with E-state index in [0.29, 0.717) is 22.1 Å². The lowest BCUT2D eigenvalue weighted by atomic mass is 10.2. The van der Waals surface area contributed by atoms with Gasteiger partial charge in [-0.05, 0) is 30.7 Å². The number of nitrogen functional groups attached to an aromatic ring is 1. The predicted octanol–water partition coefficient (Wildman–Crippen LogP) is 2.59. The number of nitrogens with zero attached hydrogens (tertiary/aromatic N) is 1. The molecule has 0 saturated carbocycles. The molecule has 0 aliphatic carbocycles. The number of ether oxygens (including phenoxy) is 1. The van der Waals surface area contributed by atoms with Crippen molar-refractivity contribution >= 4 is 28.9 Å². The van der Waals surface area contributed by atoms with Crippen LogP contribution >= 0.6 is 11.6 Å². The molecule has 1 amide bonds. The quantitative estimate of drug-likeness (QED) is 0.597. The molecule has 2 aromatic rings. The molecule has 0 fully saturated rings. The summed E-state index contributed by atoms with van der Waals surface area (Å²) in [5.41, 5.74) is 4.70. The van der Waals surface area contributed by atoms with Gasteiger partial charge in [-0.3, -0.25) is 10.6 Å². The van der Waals surface area contributed by atoms with Crippen molar-refractivity contribution in [1.82, 2.24) is 4.98 Å². The van der Waals surface area contributed by atoms with Crippen molar-refractivity contribution in [2.24, 2.45) is 5.84 Å². The standard InChI is InChI=1S/C14H15ClN4O2/c1-8-5-12(13(21-2)6-10(8)15)18-14(20)11-4-3-9(19-16)7-17-11/h3-7,19H,16H2,1-2H3,(H,18,20). The molecule has 0 saturated heterocycles. The Bertz CT molecular complexity index is 659. The highest BCUT2D eigenvalue weighted by molar-refractivity contribution is 6.31. The highest BCUT2D eigenvalue weighted by Gasteiger charge is 2.12. The topological polar surface area (TPSA) is 89.3 Å². The number of carbonyl (C=O) groups is 1. The molecule has 2 rings (SSSR count). The lowest BCUT2D eigenvalue weighted by Gasteiger charge is -2.12. The number of halogens is 1. The third-order valence-electron chi connectivity index (χ3n) is 2.89. The summed E-state index contributed by atoms with van der Waals surface area (Å²) in [5.74, 6) is 5.39. The van der Waals surface area contributed by atoms with Crippen LogP contribution < -0.4 is 21.3 Å². The maximum atomic E-state index is 12.2. The van der Waals surface area contributed by atoms with Crippen molar-refractivity contribution in [3.8, 4) is 5.75 Å². The Morgan fingerprint density at radius 2 is 2.14 bits per heavy atom. The number of methoxy groups -OCH3 is 1. The van der Waals surface area contributed by atoms with Crippen LogP contribution in [0.25, 0.3) is 0 Å². The highest BCUT2D eigenvalue weighted by Crippen LogP contribution is 2.31. The van der Waals surface area contributed by atoms with Crippen molar-refractivity contribution in [3.63, 3.8) is 0 Å². The van der Waals surface area contributed by atoms with Gasteiger partial charge in [0.1, 0.15) is 11.4 Å². The van der Waals surface area contributed by atoms with E-state index in [1.807, 2.05) is 6.92 Å². The van der Waals surface area contributed by atoms with Crippen molar-refractivity contribution in [2.75, 3.05) is 17.9 Å². The number of aromatic nitrogens is 1. The summed E-state index contributed by atoms with van der Waals surface area (Å²) in [6.45, 7) is 1.84. The van der Waals surface area contributed by atoms with Gasteiger partial charge in [0, 0.05) is 11.1 Å². The maximum Gasteiger partial charge on any atom is 0.274 e. The van der Waals surface area contributed by atoms with Crippen molar-refractivity contribution in [1.29, 1.82) is 0 Å². The average molecular weight is 307 g/mol. The number of anilines is 2. The zero-order valence-corrected chi connectivity index (χ0v) is 12.4. The molecule has 0 spiro atoms. The molecular formula is C14H15ClN4O2. The molecule has 4 N–H and O–H groups in total. The highest BCUT2D eigenvalue weighted by atomic mass is 35.5. The van der Waals surface area contributed by atoms with Crippen LogP contribution in [-0.2, 0) is 0 Å². The SMILES string of the molecule is COc1cc(Cl)c(C)cc1NC(=O)c1ccc(NN)cn1. The Kier molecular flexibility index (Phi) is 4.62. The summed E-state index contributed by atoms with van der Waals surface area (Å²) in [7, 11) is 1.51. The molecule has 0 aliphatic heterocycles. The summed E-state index contributed by atoms with van der Waals surface area (Å²) < 4.78 is 5.21. The lowest BCUT2D eigenvalue weighted by Crippen LogP contribution is -2.15. The summed E-state index contributed by atoms with van der Waals surface area (Å²) in [6.07, 6.45) is 1.47. The van der Waals surface area contributed by atoms with E-state index < -0.39 is 0 Å². The molecule has 21 heavy (non-hydrogen) atoms. The normalized spacial score (nSPS) is 10.1. The number of rotatable bonds is 4. The number of benzene rings is 1. The van der Waals surface area contributed by atoms with E-state index in [2.05, 4.69) is 15.7 Å². The van der Waals surface area contributed by atoms with Gasteiger partial charge in [0.05, 0.1) is 24.7 Å². The fraction of sp³-hybridized carbons (Fsp3) is 0.143. The monoisotopic (exact) mass is 306 g/mol. The van der Waals surface area contributed by atoms with E-state index in [1.165, 1.54) is 13.3 Å². The van der Waals surface area contributed by atoms with E-state index in [4.69, 9.17) is 22.2 Å². The van der Waals surface area contributed by atoms with Crippen LogP contribution in [-0.4, -0.2) is 18.0 Å². The first kappa shape index (κ1) is 15.1. The molecular weight excluding hydrogens is 292 g/mol. The summed E-state index contributed by atoms with van der Waals surface area (Å²) >= 11 is 6.03. The van der Waals surface area contributed by atoms with Crippen LogP contribution in [0.3, 0.4) is 0 Å². The van der Waals surface area contributed by atoms with Crippen LogP contribution in [0, 0.1) is 6.92 Å². The van der Waals surface area contributed by atoms with Crippen LogP contribution in [0.2, 0.25) is 5.02 Å². The molecule has 0 aliphatic rings. The van der Waals surface area contributed by atoms with Crippen LogP contribution in [0.15, 0.2) is 30.5 Å². The smallest absolute Gasteiger partial charge is 0.274 e. The van der Waals surface area contributed by atoms with Crippen molar-refractivity contribution in [2.45, 2.75) is 6.92 Å². The van der Waals surface area contributed by atoms with Gasteiger partial charge < -0.3 is 15.5 Å². The molecule has 1 heterocycles. The van der Waals surface area contributed by atoms with Crippen molar-refractivity contribution < 1.29 is 9.53 Å². The van der Waals surface area contributed by atoms with Gasteiger partial charge in [-0.25, -0.2) is 4.98 Å². The van der Waals surface area contributed by atoms with Crippen molar-refractivity contribution in [3.05, 3.63) is 46.7 Å². The van der Waals surface area contributed by atoms with Gasteiger partial charge in [0.25, 0.3) is 5.91 Å². The Morgan fingerprint density at radius 1 is 1.38 bits per heavy atom. The molecule has 1 aromatic heterocycles. The number of aryl methyl sites for hydroxylation is 1. The molecule has 0 atom stereocenters. The number of nitrogens with two attached hydrogens (primary N) is 1. The number of hydrogen-bond acceptors (Lipinski definition) is 5. The number of amides is 1. The third-order valence-corrected chi connectivity index (χ3v) is 3.30. The van der Waals surface area contributed by atoms with Gasteiger partial charge in [0.15, 0.2) is 0 Å². The zero-order valence-electron chi connectivity index (χ0n) is 11.6. The maximum absolute atomic E-state index is 12.2. The zero-order chi connectivity index (χ0) is 15.4. The summed E-state index contributed by atoms with van der Waals surface area (Å²) in [5, 5.41) is 3.32. The number of hydrazine groups is 1. The first-order valence-electron chi connectivity index (χ1n) is 6.13. The van der Waals surface area contributed by atoms with Gasteiger partial charge in [0.2, 0.25) is 0 Å². The van der Waals surface area contributed by atoms with E-state index in [1.54, 1.807) is 24.3 Å². The van der Waals surface area contributed by atoms with Crippen LogP contribution in [0.1, 0.15) is 16.1 Å². The molecule has 6 nitrogen and oxygen atoms in total. The molecule has 0 bridgehead atoms. The van der Waals surface area contributed by atoms with Gasteiger partial charge in [-0.15, -0.1) is 0 Å². The fourth-order valence-corrected chi connectivity index (χ4v) is 1.88. The van der Waals surface area contributed by atoms with Gasteiger partial charge in [-0.1, -0.05) is 11.6 Å². The first-order valence-corrected chi connectivity index (χ1v) is 6.51. The molecule has 0 unspecified atom stereocenters. The van der Waals surface area contributed by atoms with E-state index >= 15 is 0 Å². The minimum atomic E-state index is -0.349. The second kappa shape index (κ2) is 6.43. The Labute approximate surface area is 127 Å². The van der Waals surface area contributed by atoms with Crippen LogP contribution in [0.4, 0.5) is 11.4 Å². The fourth-order valence-electron chi connectivity index (χ4n) is 1.73. The number of carbonyl (C=O) groups excluding carboxylic acids is 1. The number of nitrogens with one attached hydrogen (secondary N) is 2. The minimum Gasteiger partial charge on any atom is -0.495 e. The molecule has 1 aromatic carbocycles. The minimum absolute atomic E-state index is 0.267. The Balaban J connectivity index is 2.24. The van der Waals surface area contributed by atoms with Crippen LogP contribution in [0.5, 0.6) is 5.75 Å². The average Bonchev–Trinajstić information content (AvgIpc) is 2.50. The van der Waals surface area contributed by atoms with Gasteiger partial charge in [-0.2, -0.15) is 0 Å². The summed E-state index contributed by atoms with van der Waals surface area (Å²) in [6, 6.07) is 6.63. The van der Waals surface area contributed by atoms with E-state index in [-0.39, 0.29) is 11.6 Å². The number of pyridine rings is 1. The van der Waals surface area contributed by atoms with E-state index in [9.17, 15) is 4.79 Å². The first-order chi connectivity index (χ1) is 10.0. The second-order valence-electron chi connectivity index (χ2n) is 4.33. The largest absolute Gasteiger partial charge is 0.495 e. The molecule has 0 radical (unpaired) electrons. The lowest BCUT2D eigenvalue weighted by molar-refractivity contribution is 0.102. The number of hydrogen-bond donors (Lipinski definition) is 3. The Hall–Kier alpha value is -2.31. The molecule has 110 valence electrons. The second-order valence-corrected chi connectivity index (χ2v) is 4.74. The van der Waals surface area contributed by atoms with E-state index in [0.717, 1.165) is 5.56 Å². The van der Waals surface area contributed by atoms with Gasteiger partial charge >= 0.3 is 0 Å².